The second-order valence-corrected chi connectivity index (χ2v) is 4.23. The molecule has 0 aliphatic heterocycles. The molecular weight excluding hydrogens is 304 g/mol. The summed E-state index contributed by atoms with van der Waals surface area (Å²) < 4.78 is 5.10. The van der Waals surface area contributed by atoms with Crippen molar-refractivity contribution >= 4 is 17.8 Å². The molecule has 1 heterocycles. The molecule has 0 aliphatic carbocycles. The quantitative estimate of drug-likeness (QED) is 0.628. The zero-order chi connectivity index (χ0) is 16.8. The van der Waals surface area contributed by atoms with E-state index in [1.807, 2.05) is 6.07 Å². The molecule has 0 aliphatic rings. The van der Waals surface area contributed by atoms with Gasteiger partial charge in [0.1, 0.15) is 17.6 Å². The number of hydrogen-bond donors (Lipinski definition) is 2. The third-order valence-corrected chi connectivity index (χ3v) is 2.69. The molecule has 0 saturated carbocycles. The fourth-order valence-corrected chi connectivity index (χ4v) is 1.68. The molecule has 0 atom stereocenters. The first kappa shape index (κ1) is 15.7. The Kier molecular flexibility index (Phi) is 4.69. The summed E-state index contributed by atoms with van der Waals surface area (Å²) in [6.45, 7) is -0.0532. The number of nitriles is 1. The van der Waals surface area contributed by atoms with Crippen LogP contribution in [0.15, 0.2) is 29.1 Å². The topological polar surface area (TPSA) is 142 Å². The SMILES string of the molecule is N#CCOc1ccc(/C=C/c2nc(O)c([N+](=O)[O-])c(=O)[nH]2)cc1. The fourth-order valence-electron chi connectivity index (χ4n) is 1.68. The van der Waals surface area contributed by atoms with E-state index in [4.69, 9.17) is 10.00 Å². The predicted molar refractivity (Wildman–Crippen MR) is 79.7 cm³/mol. The van der Waals surface area contributed by atoms with Crippen molar-refractivity contribution in [3.8, 4) is 17.7 Å². The van der Waals surface area contributed by atoms with Gasteiger partial charge < -0.3 is 14.8 Å². The van der Waals surface area contributed by atoms with Gasteiger partial charge in [0.15, 0.2) is 6.61 Å². The van der Waals surface area contributed by atoms with Crippen molar-refractivity contribution in [2.75, 3.05) is 6.61 Å². The lowest BCUT2D eigenvalue weighted by Crippen LogP contribution is -2.14. The Morgan fingerprint density at radius 3 is 2.65 bits per heavy atom. The lowest BCUT2D eigenvalue weighted by molar-refractivity contribution is -0.387. The molecular formula is C14H10N4O5. The number of nitrogens with one attached hydrogen (secondary N) is 1. The number of hydrogen-bond acceptors (Lipinski definition) is 7. The Morgan fingerprint density at radius 1 is 1.39 bits per heavy atom. The summed E-state index contributed by atoms with van der Waals surface area (Å²) >= 11 is 0. The molecule has 0 spiro atoms. The largest absolute Gasteiger partial charge is 0.488 e. The highest BCUT2D eigenvalue weighted by atomic mass is 16.6. The van der Waals surface area contributed by atoms with Crippen molar-refractivity contribution in [2.45, 2.75) is 0 Å². The number of ether oxygens (including phenoxy) is 1. The molecule has 23 heavy (non-hydrogen) atoms. The first-order valence-electron chi connectivity index (χ1n) is 6.27. The molecule has 0 amide bonds. The summed E-state index contributed by atoms with van der Waals surface area (Å²) in [6.07, 6.45) is 2.97. The predicted octanol–water partition coefficient (Wildman–Crippen LogP) is 1.46. The summed E-state index contributed by atoms with van der Waals surface area (Å²) in [5.41, 5.74) is -1.31. The monoisotopic (exact) mass is 314 g/mol. The minimum Gasteiger partial charge on any atom is -0.488 e. The molecule has 0 fully saturated rings. The van der Waals surface area contributed by atoms with Crippen LogP contribution in [-0.2, 0) is 0 Å². The Labute approximate surface area is 129 Å². The zero-order valence-electron chi connectivity index (χ0n) is 11.6. The molecule has 9 nitrogen and oxygen atoms in total. The molecule has 0 radical (unpaired) electrons. The molecule has 0 saturated heterocycles. The maximum atomic E-state index is 11.5. The summed E-state index contributed by atoms with van der Waals surface area (Å²) in [6, 6.07) is 8.56. The van der Waals surface area contributed by atoms with Gasteiger partial charge in [-0.05, 0) is 23.8 Å². The van der Waals surface area contributed by atoms with Gasteiger partial charge >= 0.3 is 11.2 Å². The van der Waals surface area contributed by atoms with Crippen LogP contribution in [0.1, 0.15) is 11.4 Å². The van der Waals surface area contributed by atoms with Gasteiger partial charge in [-0.2, -0.15) is 10.2 Å². The van der Waals surface area contributed by atoms with Gasteiger partial charge in [-0.25, -0.2) is 0 Å². The van der Waals surface area contributed by atoms with E-state index < -0.39 is 22.0 Å². The van der Waals surface area contributed by atoms with Crippen LogP contribution in [0.2, 0.25) is 0 Å². The number of aromatic amines is 1. The van der Waals surface area contributed by atoms with Crippen LogP contribution < -0.4 is 10.3 Å². The highest BCUT2D eigenvalue weighted by Crippen LogP contribution is 2.18. The van der Waals surface area contributed by atoms with Crippen LogP contribution in [0.5, 0.6) is 11.6 Å². The number of aromatic hydroxyl groups is 1. The molecule has 1 aromatic carbocycles. The number of benzene rings is 1. The second-order valence-electron chi connectivity index (χ2n) is 4.23. The number of rotatable bonds is 5. The maximum absolute atomic E-state index is 11.5. The Balaban J connectivity index is 2.19. The number of nitrogens with zero attached hydrogens (tertiary/aromatic N) is 3. The Morgan fingerprint density at radius 2 is 2.09 bits per heavy atom. The van der Waals surface area contributed by atoms with E-state index >= 15 is 0 Å². The third-order valence-electron chi connectivity index (χ3n) is 2.69. The van der Waals surface area contributed by atoms with E-state index in [0.29, 0.717) is 5.75 Å². The molecule has 116 valence electrons. The summed E-state index contributed by atoms with van der Waals surface area (Å²) in [5.74, 6) is -0.440. The first-order chi connectivity index (χ1) is 11.0. The summed E-state index contributed by atoms with van der Waals surface area (Å²) in [4.78, 5) is 26.8. The first-order valence-corrected chi connectivity index (χ1v) is 6.27. The van der Waals surface area contributed by atoms with Crippen LogP contribution in [0.4, 0.5) is 5.69 Å². The van der Waals surface area contributed by atoms with Crippen LogP contribution in [-0.4, -0.2) is 26.6 Å². The van der Waals surface area contributed by atoms with Crippen molar-refractivity contribution in [2.24, 2.45) is 0 Å². The fraction of sp³-hybridized carbons (Fsp3) is 0.0714. The van der Waals surface area contributed by atoms with E-state index in [2.05, 4.69) is 9.97 Å². The van der Waals surface area contributed by atoms with E-state index in [9.17, 15) is 20.0 Å². The minimum atomic E-state index is -1.04. The summed E-state index contributed by atoms with van der Waals surface area (Å²) in [7, 11) is 0. The van der Waals surface area contributed by atoms with Gasteiger partial charge in [0.25, 0.3) is 5.88 Å². The van der Waals surface area contributed by atoms with Crippen molar-refractivity contribution in [1.82, 2.24) is 9.97 Å². The minimum absolute atomic E-state index is 0.0251. The van der Waals surface area contributed by atoms with E-state index in [1.54, 1.807) is 30.3 Å². The zero-order valence-corrected chi connectivity index (χ0v) is 11.6. The normalized spacial score (nSPS) is 10.4. The van der Waals surface area contributed by atoms with Crippen molar-refractivity contribution < 1.29 is 14.8 Å². The second kappa shape index (κ2) is 6.86. The average molecular weight is 314 g/mol. The van der Waals surface area contributed by atoms with E-state index in [-0.39, 0.29) is 12.4 Å². The lowest BCUT2D eigenvalue weighted by atomic mass is 10.2. The number of H-pyrrole nitrogens is 1. The van der Waals surface area contributed by atoms with Crippen molar-refractivity contribution in [1.29, 1.82) is 5.26 Å². The Bertz CT molecular complexity index is 849. The molecule has 2 N–H and O–H groups in total. The Hall–Kier alpha value is -3.67. The van der Waals surface area contributed by atoms with Crippen LogP contribution in [0.25, 0.3) is 12.2 Å². The van der Waals surface area contributed by atoms with Gasteiger partial charge in [0.05, 0.1) is 4.92 Å². The molecule has 2 aromatic rings. The van der Waals surface area contributed by atoms with Crippen LogP contribution in [0.3, 0.4) is 0 Å². The van der Waals surface area contributed by atoms with Crippen LogP contribution in [0, 0.1) is 21.4 Å². The average Bonchev–Trinajstić information content (AvgIpc) is 2.51. The van der Waals surface area contributed by atoms with Gasteiger partial charge in [0, 0.05) is 0 Å². The highest BCUT2D eigenvalue weighted by Gasteiger charge is 2.21. The third kappa shape index (κ3) is 3.92. The van der Waals surface area contributed by atoms with Crippen molar-refractivity contribution in [3.05, 3.63) is 56.1 Å². The lowest BCUT2D eigenvalue weighted by Gasteiger charge is -2.01. The molecule has 0 unspecified atom stereocenters. The molecule has 9 heteroatoms. The molecule has 2 rings (SSSR count). The summed E-state index contributed by atoms with van der Waals surface area (Å²) in [5, 5.41) is 28.4. The molecule has 0 bridgehead atoms. The van der Waals surface area contributed by atoms with Gasteiger partial charge in [-0.15, -0.1) is 0 Å². The van der Waals surface area contributed by atoms with Gasteiger partial charge in [0.2, 0.25) is 0 Å². The smallest absolute Gasteiger partial charge is 0.395 e. The maximum Gasteiger partial charge on any atom is 0.395 e. The van der Waals surface area contributed by atoms with Gasteiger partial charge in [-0.3, -0.25) is 14.9 Å². The molecule has 1 aromatic heterocycles. The highest BCUT2D eigenvalue weighted by molar-refractivity contribution is 5.67. The number of nitro groups is 1. The van der Waals surface area contributed by atoms with E-state index in [1.165, 1.54) is 6.08 Å². The van der Waals surface area contributed by atoms with Crippen molar-refractivity contribution in [3.63, 3.8) is 0 Å². The van der Waals surface area contributed by atoms with Crippen LogP contribution >= 0.6 is 0 Å². The van der Waals surface area contributed by atoms with E-state index in [0.717, 1.165) is 5.56 Å². The van der Waals surface area contributed by atoms with Gasteiger partial charge in [-0.1, -0.05) is 18.2 Å². The standard InChI is InChI=1S/C14H10N4O5/c15-7-8-23-10-4-1-9(2-5-10)3-6-11-16-13(19)12(18(21)22)14(20)17-11/h1-6H,8H2,(H2,16,17,19,20)/b6-3+. The number of aromatic nitrogens is 2.